The van der Waals surface area contributed by atoms with Crippen molar-refractivity contribution < 1.29 is 14.3 Å². The van der Waals surface area contributed by atoms with Gasteiger partial charge in [-0.25, -0.2) is 0 Å². The molecule has 20 heavy (non-hydrogen) atoms. The maximum absolute atomic E-state index is 11.1. The number of aromatic nitrogens is 1. The Morgan fingerprint density at radius 3 is 2.80 bits per heavy atom. The van der Waals surface area contributed by atoms with Crippen LogP contribution in [0.2, 0.25) is 0 Å². The molecule has 0 radical (unpaired) electrons. The van der Waals surface area contributed by atoms with Gasteiger partial charge in [-0.1, -0.05) is 0 Å². The number of aryl methyl sites for hydroxylation is 1. The molecular weight excluding hydrogens is 317 g/mol. The minimum atomic E-state index is -0.205. The molecule has 2 rings (SSSR count). The van der Waals surface area contributed by atoms with Gasteiger partial charge in [-0.2, -0.15) is 0 Å². The Labute approximate surface area is 126 Å². The molecule has 1 aromatic carbocycles. The van der Waals surface area contributed by atoms with Crippen LogP contribution in [0.15, 0.2) is 42.6 Å². The molecule has 1 atom stereocenters. The van der Waals surface area contributed by atoms with E-state index in [-0.39, 0.29) is 5.97 Å². The Morgan fingerprint density at radius 1 is 1.25 bits per heavy atom. The molecule has 0 bridgehead atoms. The summed E-state index contributed by atoms with van der Waals surface area (Å²) in [5.74, 6) is 1.32. The standard InChI is InChI=1S/C15H16AsNO3/c1-19-15(18)6-5-11-3-2-4-12(9-11)20-13-7-8-17-14(16)10-13/h2-4,7-10H,5-6,16H2,1H3. The SMILES string of the molecule is COC(=O)CCc1cccc(Oc2ccnc([AsH2])c2)c1. The fraction of sp³-hybridized carbons (Fsp3) is 0.200. The van der Waals surface area contributed by atoms with Gasteiger partial charge in [0, 0.05) is 0 Å². The predicted molar refractivity (Wildman–Crippen MR) is 79.3 cm³/mol. The third kappa shape index (κ3) is 4.39. The van der Waals surface area contributed by atoms with Gasteiger partial charge < -0.3 is 0 Å². The van der Waals surface area contributed by atoms with E-state index in [2.05, 4.69) is 9.72 Å². The van der Waals surface area contributed by atoms with Crippen LogP contribution in [0.25, 0.3) is 0 Å². The van der Waals surface area contributed by atoms with Crippen LogP contribution >= 0.6 is 0 Å². The van der Waals surface area contributed by atoms with Crippen molar-refractivity contribution in [1.29, 1.82) is 0 Å². The van der Waals surface area contributed by atoms with Crippen LogP contribution in [-0.2, 0) is 16.0 Å². The number of hydrogen-bond acceptors (Lipinski definition) is 4. The number of carbonyl (C=O) groups excluding carboxylic acids is 1. The quantitative estimate of drug-likeness (QED) is 0.610. The average molecular weight is 333 g/mol. The Kier molecular flexibility index (Phi) is 5.19. The molecule has 1 unspecified atom stereocenters. The van der Waals surface area contributed by atoms with Crippen LogP contribution in [0.5, 0.6) is 11.5 Å². The van der Waals surface area contributed by atoms with Crippen LogP contribution in [0.4, 0.5) is 0 Å². The zero-order chi connectivity index (χ0) is 14.4. The van der Waals surface area contributed by atoms with Gasteiger partial charge in [-0.15, -0.1) is 0 Å². The van der Waals surface area contributed by atoms with Gasteiger partial charge in [-0.3, -0.25) is 0 Å². The predicted octanol–water partition coefficient (Wildman–Crippen LogP) is 1.24. The number of nitrogens with zero attached hydrogens (tertiary/aromatic N) is 1. The van der Waals surface area contributed by atoms with Crippen molar-refractivity contribution in [2.24, 2.45) is 0 Å². The second-order valence-electron chi connectivity index (χ2n) is 4.24. The topological polar surface area (TPSA) is 48.4 Å². The van der Waals surface area contributed by atoms with Gasteiger partial charge in [0.25, 0.3) is 0 Å². The Bertz CT molecular complexity index is 601. The molecule has 4 nitrogen and oxygen atoms in total. The van der Waals surface area contributed by atoms with Gasteiger partial charge in [0.05, 0.1) is 0 Å². The average Bonchev–Trinajstić information content (AvgIpc) is 2.45. The number of pyridine rings is 1. The molecule has 2 aromatic rings. The fourth-order valence-electron chi connectivity index (χ4n) is 1.74. The number of rotatable bonds is 5. The van der Waals surface area contributed by atoms with Crippen LogP contribution in [-0.4, -0.2) is 34.9 Å². The molecule has 0 saturated heterocycles. The van der Waals surface area contributed by atoms with E-state index in [0.29, 0.717) is 12.8 Å². The van der Waals surface area contributed by atoms with E-state index in [0.717, 1.165) is 21.5 Å². The van der Waals surface area contributed by atoms with Crippen molar-refractivity contribution in [3.63, 3.8) is 0 Å². The van der Waals surface area contributed by atoms with Crippen LogP contribution in [0.3, 0.4) is 0 Å². The molecule has 1 aromatic heterocycles. The van der Waals surface area contributed by atoms with Crippen molar-refractivity contribution in [2.45, 2.75) is 12.8 Å². The van der Waals surface area contributed by atoms with Gasteiger partial charge in [0.2, 0.25) is 0 Å². The molecule has 0 spiro atoms. The molecule has 0 N–H and O–H groups in total. The number of ether oxygens (including phenoxy) is 2. The first kappa shape index (κ1) is 14.6. The summed E-state index contributed by atoms with van der Waals surface area (Å²) in [6.45, 7) is 0. The normalized spacial score (nSPS) is 10.1. The summed E-state index contributed by atoms with van der Waals surface area (Å²) in [5, 5.41) is 0. The van der Waals surface area contributed by atoms with Crippen molar-refractivity contribution in [3.8, 4) is 11.5 Å². The molecule has 0 amide bonds. The van der Waals surface area contributed by atoms with Gasteiger partial charge in [0.1, 0.15) is 0 Å². The summed E-state index contributed by atoms with van der Waals surface area (Å²) in [7, 11) is 1.40. The molecule has 0 fully saturated rings. The number of methoxy groups -OCH3 is 1. The minimum absolute atomic E-state index is 0.205. The van der Waals surface area contributed by atoms with Crippen LogP contribution < -0.4 is 9.22 Å². The first-order valence-corrected chi connectivity index (χ1v) is 7.43. The first-order valence-electron chi connectivity index (χ1n) is 6.22. The van der Waals surface area contributed by atoms with E-state index in [1.165, 1.54) is 24.0 Å². The third-order valence-corrected chi connectivity index (χ3v) is 3.39. The molecule has 0 aliphatic heterocycles. The van der Waals surface area contributed by atoms with Gasteiger partial charge in [0.15, 0.2) is 0 Å². The maximum atomic E-state index is 11.1. The second-order valence-corrected chi connectivity index (χ2v) is 5.48. The molecule has 0 aliphatic carbocycles. The molecule has 104 valence electrons. The fourth-order valence-corrected chi connectivity index (χ4v) is 2.27. The van der Waals surface area contributed by atoms with Crippen LogP contribution in [0, 0.1) is 0 Å². The second kappa shape index (κ2) is 7.11. The molecule has 0 saturated carbocycles. The number of hydrogen-bond donors (Lipinski definition) is 0. The van der Waals surface area contributed by atoms with E-state index in [9.17, 15) is 4.79 Å². The van der Waals surface area contributed by atoms with E-state index in [4.69, 9.17) is 4.74 Å². The number of carbonyl (C=O) groups is 1. The molecular formula is C15H16AsNO3. The summed E-state index contributed by atoms with van der Waals surface area (Å²) < 4.78 is 11.4. The molecule has 5 heteroatoms. The first-order chi connectivity index (χ1) is 9.67. The van der Waals surface area contributed by atoms with E-state index < -0.39 is 0 Å². The van der Waals surface area contributed by atoms with Gasteiger partial charge in [-0.05, 0) is 0 Å². The van der Waals surface area contributed by atoms with Crippen molar-refractivity contribution >= 4 is 27.3 Å². The zero-order valence-corrected chi connectivity index (χ0v) is 13.6. The molecule has 1 heterocycles. The van der Waals surface area contributed by atoms with Gasteiger partial charge >= 0.3 is 126 Å². The number of esters is 1. The van der Waals surface area contributed by atoms with E-state index >= 15 is 0 Å². The summed E-state index contributed by atoms with van der Waals surface area (Å²) in [6.07, 6.45) is 2.74. The summed E-state index contributed by atoms with van der Waals surface area (Å²) in [6, 6.07) is 11.4. The third-order valence-electron chi connectivity index (χ3n) is 2.73. The van der Waals surface area contributed by atoms with E-state index in [1.54, 1.807) is 6.20 Å². The Balaban J connectivity index is 2.04. The zero-order valence-electron chi connectivity index (χ0n) is 11.2. The van der Waals surface area contributed by atoms with Crippen LogP contribution in [0.1, 0.15) is 12.0 Å². The monoisotopic (exact) mass is 333 g/mol. The summed E-state index contributed by atoms with van der Waals surface area (Å²) in [4.78, 5) is 15.3. The number of benzene rings is 1. The van der Waals surface area contributed by atoms with Crippen molar-refractivity contribution in [2.75, 3.05) is 7.11 Å². The van der Waals surface area contributed by atoms with E-state index in [1.807, 2.05) is 36.4 Å². The summed E-state index contributed by atoms with van der Waals surface area (Å²) in [5.41, 5.74) is 1.04. The van der Waals surface area contributed by atoms with Crippen molar-refractivity contribution in [3.05, 3.63) is 48.2 Å². The Morgan fingerprint density at radius 2 is 2.05 bits per heavy atom. The molecule has 0 aliphatic rings. The van der Waals surface area contributed by atoms with Crippen molar-refractivity contribution in [1.82, 2.24) is 4.98 Å². The summed E-state index contributed by atoms with van der Waals surface area (Å²) >= 11 is 1.46. The Hall–Kier alpha value is -1.80.